The van der Waals surface area contributed by atoms with Gasteiger partial charge in [-0.2, -0.15) is 0 Å². The molecule has 1 atom stereocenters. The van der Waals surface area contributed by atoms with Crippen molar-refractivity contribution in [2.75, 3.05) is 21.3 Å². The van der Waals surface area contributed by atoms with Gasteiger partial charge in [0.25, 0.3) is 5.91 Å². The molecule has 1 unspecified atom stereocenters. The summed E-state index contributed by atoms with van der Waals surface area (Å²) in [5.74, 6) is 0.215. The van der Waals surface area contributed by atoms with Crippen LogP contribution in [0.4, 0.5) is 4.39 Å². The number of benzene rings is 3. The van der Waals surface area contributed by atoms with Gasteiger partial charge in [-0.3, -0.25) is 9.78 Å². The van der Waals surface area contributed by atoms with Crippen LogP contribution in [0.5, 0.6) is 23.0 Å². The monoisotopic (exact) mass is 504 g/mol. The van der Waals surface area contributed by atoms with E-state index in [1.165, 1.54) is 25.3 Å². The van der Waals surface area contributed by atoms with Gasteiger partial charge in [0.2, 0.25) is 0 Å². The van der Waals surface area contributed by atoms with Gasteiger partial charge in [-0.1, -0.05) is 24.3 Å². The highest BCUT2D eigenvalue weighted by atomic mass is 19.1. The molecule has 1 aromatic heterocycles. The summed E-state index contributed by atoms with van der Waals surface area (Å²) in [5, 5.41) is 3.30. The second-order valence-corrected chi connectivity index (χ2v) is 8.01. The molecular formula is C28H25FN2O6. The van der Waals surface area contributed by atoms with Gasteiger partial charge in [0.1, 0.15) is 23.4 Å². The van der Waals surface area contributed by atoms with Crippen LogP contribution in [0, 0.1) is 5.82 Å². The molecule has 4 aromatic rings. The third-order valence-electron chi connectivity index (χ3n) is 5.71. The summed E-state index contributed by atoms with van der Waals surface area (Å²) in [6.45, 7) is 0. The van der Waals surface area contributed by atoms with Crippen LogP contribution in [-0.4, -0.2) is 44.2 Å². The number of ether oxygens (including phenoxy) is 4. The number of hydrogen-bond donors (Lipinski definition) is 1. The molecule has 1 N–H and O–H groups in total. The molecule has 190 valence electrons. The first-order valence-corrected chi connectivity index (χ1v) is 11.3. The van der Waals surface area contributed by atoms with Crippen molar-refractivity contribution < 1.29 is 32.9 Å². The van der Waals surface area contributed by atoms with Crippen molar-refractivity contribution in [2.24, 2.45) is 0 Å². The number of carbonyl (C=O) groups excluding carboxylic acids is 2. The fourth-order valence-corrected chi connectivity index (χ4v) is 3.81. The van der Waals surface area contributed by atoms with Crippen LogP contribution in [0.3, 0.4) is 0 Å². The van der Waals surface area contributed by atoms with Gasteiger partial charge in [-0.25, -0.2) is 9.18 Å². The van der Waals surface area contributed by atoms with E-state index in [2.05, 4.69) is 10.3 Å². The number of amides is 1. The summed E-state index contributed by atoms with van der Waals surface area (Å²) in [7, 11) is 4.34. The molecule has 0 saturated carbocycles. The van der Waals surface area contributed by atoms with E-state index >= 15 is 0 Å². The Bertz CT molecular complexity index is 1420. The maximum Gasteiger partial charge on any atom is 0.328 e. The first-order chi connectivity index (χ1) is 17.9. The van der Waals surface area contributed by atoms with Gasteiger partial charge in [0.05, 0.1) is 32.4 Å². The first-order valence-electron chi connectivity index (χ1n) is 11.3. The lowest BCUT2D eigenvalue weighted by atomic mass is 10.0. The van der Waals surface area contributed by atoms with E-state index in [1.807, 2.05) is 0 Å². The molecule has 0 bridgehead atoms. The zero-order valence-corrected chi connectivity index (χ0v) is 20.5. The van der Waals surface area contributed by atoms with Gasteiger partial charge in [-0.15, -0.1) is 0 Å². The normalized spacial score (nSPS) is 11.5. The van der Waals surface area contributed by atoms with E-state index < -0.39 is 23.7 Å². The largest absolute Gasteiger partial charge is 0.493 e. The molecule has 1 amide bonds. The molecule has 0 radical (unpaired) electrons. The highest BCUT2D eigenvalue weighted by Gasteiger charge is 2.24. The van der Waals surface area contributed by atoms with Crippen LogP contribution in [0.1, 0.15) is 15.9 Å². The number of carbonyl (C=O) groups is 2. The summed E-state index contributed by atoms with van der Waals surface area (Å²) >= 11 is 0. The average Bonchev–Trinajstić information content (AvgIpc) is 2.92. The van der Waals surface area contributed by atoms with Gasteiger partial charge in [0, 0.05) is 24.1 Å². The Hall–Kier alpha value is -4.66. The predicted molar refractivity (Wildman–Crippen MR) is 135 cm³/mol. The second kappa shape index (κ2) is 11.4. The predicted octanol–water partition coefficient (Wildman–Crippen LogP) is 4.70. The topological polar surface area (TPSA) is 96.0 Å². The van der Waals surface area contributed by atoms with Crippen molar-refractivity contribution in [1.29, 1.82) is 0 Å². The van der Waals surface area contributed by atoms with Crippen molar-refractivity contribution in [3.8, 4) is 23.0 Å². The van der Waals surface area contributed by atoms with Crippen LogP contribution in [0.25, 0.3) is 10.9 Å². The minimum absolute atomic E-state index is 0.141. The number of fused-ring (bicyclic) bond motifs is 1. The number of methoxy groups -OCH3 is 3. The van der Waals surface area contributed by atoms with E-state index in [9.17, 15) is 14.0 Å². The molecule has 0 saturated heterocycles. The number of hydrogen-bond acceptors (Lipinski definition) is 7. The molecule has 8 nitrogen and oxygen atoms in total. The van der Waals surface area contributed by atoms with Crippen molar-refractivity contribution in [2.45, 2.75) is 12.5 Å². The fourth-order valence-electron chi connectivity index (χ4n) is 3.81. The van der Waals surface area contributed by atoms with E-state index in [-0.39, 0.29) is 12.0 Å². The Morgan fingerprint density at radius 2 is 1.62 bits per heavy atom. The Balaban J connectivity index is 1.51. The zero-order chi connectivity index (χ0) is 26.4. The van der Waals surface area contributed by atoms with E-state index in [1.54, 1.807) is 68.9 Å². The van der Waals surface area contributed by atoms with Crippen LogP contribution in [-0.2, 0) is 16.0 Å². The number of nitrogens with zero attached hydrogens (tertiary/aromatic N) is 1. The molecule has 0 aliphatic rings. The molecular weight excluding hydrogens is 479 g/mol. The Labute approximate surface area is 212 Å². The van der Waals surface area contributed by atoms with E-state index in [0.717, 1.165) is 10.9 Å². The molecule has 4 rings (SSSR count). The molecule has 0 aliphatic heterocycles. The molecule has 9 heteroatoms. The minimum atomic E-state index is -1.00. The zero-order valence-electron chi connectivity index (χ0n) is 20.5. The molecule has 1 heterocycles. The average molecular weight is 505 g/mol. The SMILES string of the molecule is COC(=O)C(Cc1ccc(Oc2ccnc3cc(OC)c(OC)cc23)cc1)NC(=O)c1ccccc1F. The van der Waals surface area contributed by atoms with Gasteiger partial charge in [0.15, 0.2) is 11.5 Å². The summed E-state index contributed by atoms with van der Waals surface area (Å²) in [6.07, 6.45) is 1.78. The Morgan fingerprint density at radius 3 is 2.30 bits per heavy atom. The lowest BCUT2D eigenvalue weighted by molar-refractivity contribution is -0.142. The third-order valence-corrected chi connectivity index (χ3v) is 5.71. The van der Waals surface area contributed by atoms with Crippen molar-refractivity contribution >= 4 is 22.8 Å². The Morgan fingerprint density at radius 1 is 0.919 bits per heavy atom. The number of aromatic nitrogens is 1. The Kier molecular flexibility index (Phi) is 7.83. The van der Waals surface area contributed by atoms with Crippen molar-refractivity contribution in [1.82, 2.24) is 10.3 Å². The number of nitrogens with one attached hydrogen (secondary N) is 1. The second-order valence-electron chi connectivity index (χ2n) is 8.01. The van der Waals surface area contributed by atoms with Crippen LogP contribution < -0.4 is 19.5 Å². The van der Waals surface area contributed by atoms with Crippen LogP contribution >= 0.6 is 0 Å². The molecule has 37 heavy (non-hydrogen) atoms. The van der Waals surface area contributed by atoms with Gasteiger partial charge in [-0.05, 0) is 42.0 Å². The number of rotatable bonds is 9. The van der Waals surface area contributed by atoms with E-state index in [0.29, 0.717) is 28.5 Å². The standard InChI is InChI=1S/C28H25FN2O6/c1-34-25-15-20-22(16-26(25)35-2)30-13-12-24(20)37-18-10-8-17(9-11-18)14-23(28(33)36-3)31-27(32)19-6-4-5-7-21(19)29/h4-13,15-16,23H,14H2,1-3H3,(H,31,32). The summed E-state index contributed by atoms with van der Waals surface area (Å²) < 4.78 is 35.7. The maximum absolute atomic E-state index is 14.0. The molecule has 3 aromatic carbocycles. The summed E-state index contributed by atoms with van der Waals surface area (Å²) in [6, 6.07) is 16.9. The van der Waals surface area contributed by atoms with Crippen LogP contribution in [0.2, 0.25) is 0 Å². The lowest BCUT2D eigenvalue weighted by Crippen LogP contribution is -2.43. The minimum Gasteiger partial charge on any atom is -0.493 e. The maximum atomic E-state index is 14.0. The third kappa shape index (κ3) is 5.78. The van der Waals surface area contributed by atoms with E-state index in [4.69, 9.17) is 18.9 Å². The van der Waals surface area contributed by atoms with Crippen LogP contribution in [0.15, 0.2) is 72.9 Å². The highest BCUT2D eigenvalue weighted by molar-refractivity contribution is 5.97. The quantitative estimate of drug-likeness (QED) is 0.330. The van der Waals surface area contributed by atoms with Gasteiger partial charge < -0.3 is 24.3 Å². The molecule has 0 aliphatic carbocycles. The van der Waals surface area contributed by atoms with Gasteiger partial charge >= 0.3 is 5.97 Å². The lowest BCUT2D eigenvalue weighted by Gasteiger charge is -2.17. The summed E-state index contributed by atoms with van der Waals surface area (Å²) in [5.41, 5.74) is 1.26. The fraction of sp³-hybridized carbons (Fsp3) is 0.179. The summed E-state index contributed by atoms with van der Waals surface area (Å²) in [4.78, 5) is 29.2. The molecule has 0 fully saturated rings. The van der Waals surface area contributed by atoms with Crippen molar-refractivity contribution in [3.05, 3.63) is 89.9 Å². The van der Waals surface area contributed by atoms with Crippen molar-refractivity contribution in [3.63, 3.8) is 0 Å². The number of halogens is 1. The molecule has 0 spiro atoms. The highest BCUT2D eigenvalue weighted by Crippen LogP contribution is 2.36. The number of pyridine rings is 1. The first kappa shape index (κ1) is 25.4. The smallest absolute Gasteiger partial charge is 0.328 e. The number of esters is 1.